The van der Waals surface area contributed by atoms with Crippen molar-refractivity contribution >= 4 is 0 Å². The summed E-state index contributed by atoms with van der Waals surface area (Å²) in [5.41, 5.74) is 1.44. The number of benzene rings is 1. The number of hydrogen-bond donors (Lipinski definition) is 1. The number of hydrogen-bond acceptors (Lipinski definition) is 1. The zero-order chi connectivity index (χ0) is 23.5. The number of unbranched alkanes of at least 4 members (excludes halogenated alkanes) is 21. The molecule has 0 aromatic heterocycles. The van der Waals surface area contributed by atoms with Crippen LogP contribution >= 0.6 is 0 Å². The van der Waals surface area contributed by atoms with E-state index in [-0.39, 0.29) is 0 Å². The molecule has 0 aliphatic heterocycles. The standard InChI is InChI=1S/C32H59N/c1-2-3-4-5-6-7-8-9-10-11-12-13-14-15-16-17-18-19-20-21-22-26-30-33-31-29-32-27-24-23-25-28-32/h23-25,27-28,33H,2-22,26,29-31H2,1H3. The maximum atomic E-state index is 3.60. The minimum Gasteiger partial charge on any atom is -0.316 e. The highest BCUT2D eigenvalue weighted by molar-refractivity contribution is 5.14. The minimum atomic E-state index is 1.11. The van der Waals surface area contributed by atoms with E-state index < -0.39 is 0 Å². The molecule has 0 aliphatic rings. The summed E-state index contributed by atoms with van der Waals surface area (Å²) in [4.78, 5) is 0. The van der Waals surface area contributed by atoms with Crippen LogP contribution in [0.15, 0.2) is 30.3 Å². The van der Waals surface area contributed by atoms with E-state index >= 15 is 0 Å². The first-order valence-corrected chi connectivity index (χ1v) is 15.2. The third kappa shape index (κ3) is 22.7. The predicted molar refractivity (Wildman–Crippen MR) is 150 cm³/mol. The minimum absolute atomic E-state index is 1.11. The van der Waals surface area contributed by atoms with Gasteiger partial charge in [0, 0.05) is 0 Å². The van der Waals surface area contributed by atoms with Gasteiger partial charge in [-0.25, -0.2) is 0 Å². The van der Waals surface area contributed by atoms with Gasteiger partial charge in [0.05, 0.1) is 0 Å². The molecule has 0 radical (unpaired) electrons. The Morgan fingerprint density at radius 3 is 1.18 bits per heavy atom. The Hall–Kier alpha value is -0.820. The first kappa shape index (κ1) is 30.2. The summed E-state index contributed by atoms with van der Waals surface area (Å²) in [6.07, 6.45) is 33.2. The molecule has 1 aromatic rings. The highest BCUT2D eigenvalue weighted by atomic mass is 14.8. The monoisotopic (exact) mass is 457 g/mol. The van der Waals surface area contributed by atoms with Crippen LogP contribution in [0.25, 0.3) is 0 Å². The van der Waals surface area contributed by atoms with Crippen molar-refractivity contribution in [3.05, 3.63) is 35.9 Å². The molecule has 192 valence electrons. The van der Waals surface area contributed by atoms with Crippen LogP contribution in [0.4, 0.5) is 0 Å². The van der Waals surface area contributed by atoms with Crippen LogP contribution < -0.4 is 5.32 Å². The Morgan fingerprint density at radius 2 is 0.788 bits per heavy atom. The number of nitrogens with one attached hydrogen (secondary N) is 1. The lowest BCUT2D eigenvalue weighted by atomic mass is 10.0. The molecular formula is C32H59N. The molecule has 0 fully saturated rings. The molecule has 1 rings (SSSR count). The van der Waals surface area contributed by atoms with Gasteiger partial charge in [0.1, 0.15) is 0 Å². The molecule has 1 heteroatoms. The smallest absolute Gasteiger partial charge is 0.000835 e. The van der Waals surface area contributed by atoms with Crippen LogP contribution in [0.5, 0.6) is 0 Å². The fraction of sp³-hybridized carbons (Fsp3) is 0.812. The Morgan fingerprint density at radius 1 is 0.424 bits per heavy atom. The Labute approximate surface area is 208 Å². The second-order valence-corrected chi connectivity index (χ2v) is 10.4. The van der Waals surface area contributed by atoms with E-state index in [1.54, 1.807) is 0 Å². The maximum absolute atomic E-state index is 3.60. The highest BCUT2D eigenvalue weighted by Crippen LogP contribution is 2.15. The SMILES string of the molecule is CCCCCCCCCCCCCCCCCCCCCCCCNCCc1ccccc1. The largest absolute Gasteiger partial charge is 0.316 e. The topological polar surface area (TPSA) is 12.0 Å². The molecule has 0 spiro atoms. The lowest BCUT2D eigenvalue weighted by molar-refractivity contribution is 0.517. The molecular weight excluding hydrogens is 398 g/mol. The van der Waals surface area contributed by atoms with E-state index in [2.05, 4.69) is 42.6 Å². The van der Waals surface area contributed by atoms with Gasteiger partial charge in [0.25, 0.3) is 0 Å². The van der Waals surface area contributed by atoms with Crippen molar-refractivity contribution in [3.8, 4) is 0 Å². The molecule has 0 amide bonds. The summed E-state index contributed by atoms with van der Waals surface area (Å²) in [6, 6.07) is 10.8. The van der Waals surface area contributed by atoms with E-state index in [4.69, 9.17) is 0 Å². The van der Waals surface area contributed by atoms with Crippen molar-refractivity contribution in [1.82, 2.24) is 5.32 Å². The van der Waals surface area contributed by atoms with Crippen molar-refractivity contribution in [1.29, 1.82) is 0 Å². The van der Waals surface area contributed by atoms with Crippen LogP contribution in [0.2, 0.25) is 0 Å². The highest BCUT2D eigenvalue weighted by Gasteiger charge is 1.96. The second-order valence-electron chi connectivity index (χ2n) is 10.4. The summed E-state index contributed by atoms with van der Waals surface area (Å²) < 4.78 is 0. The van der Waals surface area contributed by atoms with Gasteiger partial charge in [0.15, 0.2) is 0 Å². The molecule has 0 heterocycles. The van der Waals surface area contributed by atoms with Crippen molar-refractivity contribution in [3.63, 3.8) is 0 Å². The van der Waals surface area contributed by atoms with E-state index in [9.17, 15) is 0 Å². The number of rotatable bonds is 26. The average molecular weight is 458 g/mol. The van der Waals surface area contributed by atoms with Crippen molar-refractivity contribution in [2.45, 2.75) is 155 Å². The molecule has 0 aliphatic carbocycles. The first-order valence-electron chi connectivity index (χ1n) is 15.2. The van der Waals surface area contributed by atoms with Crippen LogP contribution in [0.1, 0.15) is 154 Å². The molecule has 0 saturated heterocycles. The average Bonchev–Trinajstić information content (AvgIpc) is 2.84. The zero-order valence-corrected chi connectivity index (χ0v) is 22.6. The van der Waals surface area contributed by atoms with Gasteiger partial charge in [-0.3, -0.25) is 0 Å². The molecule has 0 atom stereocenters. The Bertz CT molecular complexity index is 469. The van der Waals surface area contributed by atoms with Crippen molar-refractivity contribution < 1.29 is 0 Å². The molecule has 1 aromatic carbocycles. The van der Waals surface area contributed by atoms with E-state index in [0.717, 1.165) is 13.0 Å². The van der Waals surface area contributed by atoms with Gasteiger partial charge in [-0.05, 0) is 31.5 Å². The Balaban J connectivity index is 1.64. The zero-order valence-electron chi connectivity index (χ0n) is 22.6. The molecule has 1 nitrogen and oxygen atoms in total. The van der Waals surface area contributed by atoms with E-state index in [1.807, 2.05) is 0 Å². The van der Waals surface area contributed by atoms with Crippen LogP contribution in [0.3, 0.4) is 0 Å². The van der Waals surface area contributed by atoms with Gasteiger partial charge in [0.2, 0.25) is 0 Å². The first-order chi connectivity index (χ1) is 16.4. The fourth-order valence-corrected chi connectivity index (χ4v) is 4.86. The quantitative estimate of drug-likeness (QED) is 0.136. The normalized spacial score (nSPS) is 11.3. The molecule has 0 unspecified atom stereocenters. The molecule has 0 saturated carbocycles. The van der Waals surface area contributed by atoms with Crippen LogP contribution in [-0.4, -0.2) is 13.1 Å². The summed E-state index contributed by atoms with van der Waals surface area (Å²) in [5, 5.41) is 3.60. The summed E-state index contributed by atoms with van der Waals surface area (Å²) >= 11 is 0. The van der Waals surface area contributed by atoms with E-state index in [1.165, 1.54) is 153 Å². The summed E-state index contributed by atoms with van der Waals surface area (Å²) in [7, 11) is 0. The second kappa shape index (κ2) is 25.8. The lowest BCUT2D eigenvalue weighted by Gasteiger charge is -2.05. The van der Waals surface area contributed by atoms with Gasteiger partial charge >= 0.3 is 0 Å². The van der Waals surface area contributed by atoms with Crippen LogP contribution in [-0.2, 0) is 6.42 Å². The van der Waals surface area contributed by atoms with Crippen LogP contribution in [0, 0.1) is 0 Å². The molecule has 1 N–H and O–H groups in total. The van der Waals surface area contributed by atoms with Crippen molar-refractivity contribution in [2.75, 3.05) is 13.1 Å². The van der Waals surface area contributed by atoms with Gasteiger partial charge in [-0.1, -0.05) is 172 Å². The lowest BCUT2D eigenvalue weighted by Crippen LogP contribution is -2.18. The van der Waals surface area contributed by atoms with E-state index in [0.29, 0.717) is 0 Å². The third-order valence-corrected chi connectivity index (χ3v) is 7.14. The maximum Gasteiger partial charge on any atom is -0.000835 e. The summed E-state index contributed by atoms with van der Waals surface area (Å²) in [6.45, 7) is 4.60. The van der Waals surface area contributed by atoms with Gasteiger partial charge in [-0.2, -0.15) is 0 Å². The summed E-state index contributed by atoms with van der Waals surface area (Å²) in [5.74, 6) is 0. The van der Waals surface area contributed by atoms with Gasteiger partial charge in [-0.15, -0.1) is 0 Å². The van der Waals surface area contributed by atoms with Gasteiger partial charge < -0.3 is 5.32 Å². The Kier molecular flexibility index (Phi) is 23.6. The van der Waals surface area contributed by atoms with Crippen molar-refractivity contribution in [2.24, 2.45) is 0 Å². The fourth-order valence-electron chi connectivity index (χ4n) is 4.86. The predicted octanol–water partition coefficient (Wildman–Crippen LogP) is 10.4. The molecule has 33 heavy (non-hydrogen) atoms. The molecule has 0 bridgehead atoms. The third-order valence-electron chi connectivity index (χ3n) is 7.14.